The second kappa shape index (κ2) is 8.47. The molecule has 2 heterocycles. The SMILES string of the molecule is COc1ccc(NC(N)=NCC(c2ccc(C)o2)N2CCCC2)cc1Cl. The lowest BCUT2D eigenvalue weighted by molar-refractivity contribution is 0.219. The van der Waals surface area contributed by atoms with Crippen LogP contribution in [0, 0.1) is 6.92 Å². The Labute approximate surface area is 159 Å². The number of hydrogen-bond acceptors (Lipinski definition) is 4. The summed E-state index contributed by atoms with van der Waals surface area (Å²) in [5.74, 6) is 2.81. The Morgan fingerprint density at radius 2 is 2.12 bits per heavy atom. The standard InChI is InChI=1S/C19H25ClN4O2/c1-13-5-7-18(26-13)16(24-9-3-4-10-24)12-22-19(21)23-14-6-8-17(25-2)15(20)11-14/h5-8,11,16H,3-4,9-10,12H2,1-2H3,(H3,21,22,23). The van der Waals surface area contributed by atoms with E-state index in [-0.39, 0.29) is 6.04 Å². The molecule has 1 unspecified atom stereocenters. The molecule has 7 heteroatoms. The highest BCUT2D eigenvalue weighted by Gasteiger charge is 2.25. The van der Waals surface area contributed by atoms with Crippen molar-refractivity contribution in [3.8, 4) is 5.75 Å². The molecule has 26 heavy (non-hydrogen) atoms. The van der Waals surface area contributed by atoms with Crippen LogP contribution in [0.5, 0.6) is 5.75 Å². The highest BCUT2D eigenvalue weighted by molar-refractivity contribution is 6.32. The number of nitrogens with zero attached hydrogens (tertiary/aromatic N) is 2. The molecular formula is C19H25ClN4O2. The van der Waals surface area contributed by atoms with E-state index in [1.54, 1.807) is 19.2 Å². The van der Waals surface area contributed by atoms with Crippen LogP contribution in [-0.2, 0) is 0 Å². The summed E-state index contributed by atoms with van der Waals surface area (Å²) < 4.78 is 11.0. The van der Waals surface area contributed by atoms with Gasteiger partial charge in [-0.2, -0.15) is 0 Å². The third-order valence-corrected chi connectivity index (χ3v) is 4.83. The van der Waals surface area contributed by atoms with Gasteiger partial charge in [-0.1, -0.05) is 11.6 Å². The molecule has 0 spiro atoms. The van der Waals surface area contributed by atoms with Gasteiger partial charge in [0.25, 0.3) is 0 Å². The molecule has 0 radical (unpaired) electrons. The fourth-order valence-electron chi connectivity index (χ4n) is 3.19. The molecule has 1 aromatic carbocycles. The number of aliphatic imine (C=N–C) groups is 1. The Balaban J connectivity index is 1.69. The number of likely N-dealkylation sites (tertiary alicyclic amines) is 1. The zero-order valence-corrected chi connectivity index (χ0v) is 15.9. The fraction of sp³-hybridized carbons (Fsp3) is 0.421. The van der Waals surface area contributed by atoms with E-state index in [2.05, 4.69) is 15.2 Å². The minimum atomic E-state index is 0.103. The van der Waals surface area contributed by atoms with Crippen molar-refractivity contribution >= 4 is 23.2 Å². The van der Waals surface area contributed by atoms with Gasteiger partial charge in [-0.3, -0.25) is 9.89 Å². The van der Waals surface area contributed by atoms with E-state index < -0.39 is 0 Å². The number of aryl methyl sites for hydroxylation is 1. The van der Waals surface area contributed by atoms with E-state index in [4.69, 9.17) is 26.5 Å². The molecule has 6 nitrogen and oxygen atoms in total. The zero-order valence-electron chi connectivity index (χ0n) is 15.2. The molecular weight excluding hydrogens is 352 g/mol. The summed E-state index contributed by atoms with van der Waals surface area (Å²) in [7, 11) is 1.58. The minimum Gasteiger partial charge on any atom is -0.495 e. The lowest BCUT2D eigenvalue weighted by atomic mass is 10.2. The van der Waals surface area contributed by atoms with Crippen LogP contribution in [0.1, 0.15) is 30.4 Å². The van der Waals surface area contributed by atoms with Crippen molar-refractivity contribution in [2.24, 2.45) is 10.7 Å². The van der Waals surface area contributed by atoms with Gasteiger partial charge in [-0.05, 0) is 63.2 Å². The first-order chi connectivity index (χ1) is 12.6. The normalized spacial score (nSPS) is 16.7. The third-order valence-electron chi connectivity index (χ3n) is 4.53. The number of methoxy groups -OCH3 is 1. The molecule has 0 amide bonds. The largest absolute Gasteiger partial charge is 0.495 e. The number of nitrogens with one attached hydrogen (secondary N) is 1. The Kier molecular flexibility index (Phi) is 6.06. The van der Waals surface area contributed by atoms with Crippen molar-refractivity contribution in [1.82, 2.24) is 4.90 Å². The first-order valence-electron chi connectivity index (χ1n) is 8.77. The smallest absolute Gasteiger partial charge is 0.193 e. The van der Waals surface area contributed by atoms with Crippen LogP contribution < -0.4 is 15.8 Å². The van der Waals surface area contributed by atoms with Gasteiger partial charge >= 0.3 is 0 Å². The Hall–Kier alpha value is -2.18. The third kappa shape index (κ3) is 4.51. The summed E-state index contributed by atoms with van der Waals surface area (Å²) in [6.07, 6.45) is 2.41. The van der Waals surface area contributed by atoms with Crippen molar-refractivity contribution in [3.05, 3.63) is 46.9 Å². The topological polar surface area (TPSA) is 76.0 Å². The van der Waals surface area contributed by atoms with E-state index in [9.17, 15) is 0 Å². The van der Waals surface area contributed by atoms with Gasteiger partial charge < -0.3 is 20.2 Å². The molecule has 1 saturated heterocycles. The maximum Gasteiger partial charge on any atom is 0.193 e. The van der Waals surface area contributed by atoms with Gasteiger partial charge in [0.2, 0.25) is 0 Å². The fourth-order valence-corrected chi connectivity index (χ4v) is 3.45. The molecule has 2 aromatic rings. The van der Waals surface area contributed by atoms with Gasteiger partial charge in [0.1, 0.15) is 17.3 Å². The van der Waals surface area contributed by atoms with E-state index >= 15 is 0 Å². The molecule has 0 bridgehead atoms. The highest BCUT2D eigenvalue weighted by atomic mass is 35.5. The van der Waals surface area contributed by atoms with Crippen LogP contribution in [0.4, 0.5) is 5.69 Å². The predicted molar refractivity (Wildman–Crippen MR) is 105 cm³/mol. The summed E-state index contributed by atoms with van der Waals surface area (Å²) in [6, 6.07) is 9.52. The van der Waals surface area contributed by atoms with Gasteiger partial charge in [0.15, 0.2) is 5.96 Å². The summed E-state index contributed by atoms with van der Waals surface area (Å²) in [6.45, 7) is 4.61. The monoisotopic (exact) mass is 376 g/mol. The lowest BCUT2D eigenvalue weighted by Gasteiger charge is -2.24. The van der Waals surface area contributed by atoms with E-state index in [1.165, 1.54) is 12.8 Å². The lowest BCUT2D eigenvalue weighted by Crippen LogP contribution is -2.30. The molecule has 1 aliphatic rings. The van der Waals surface area contributed by atoms with Crippen LogP contribution in [0.15, 0.2) is 39.7 Å². The number of anilines is 1. The summed E-state index contributed by atoms with van der Waals surface area (Å²) >= 11 is 6.14. The molecule has 1 fully saturated rings. The van der Waals surface area contributed by atoms with Crippen LogP contribution in [0.25, 0.3) is 0 Å². The number of hydrogen-bond donors (Lipinski definition) is 2. The predicted octanol–water partition coefficient (Wildman–Crippen LogP) is 3.81. The number of furan rings is 1. The van der Waals surface area contributed by atoms with Gasteiger partial charge in [0.05, 0.1) is 24.7 Å². The Morgan fingerprint density at radius 1 is 1.35 bits per heavy atom. The van der Waals surface area contributed by atoms with Gasteiger partial charge in [0, 0.05) is 5.69 Å². The van der Waals surface area contributed by atoms with Crippen molar-refractivity contribution in [2.45, 2.75) is 25.8 Å². The van der Waals surface area contributed by atoms with Crippen molar-refractivity contribution < 1.29 is 9.15 Å². The van der Waals surface area contributed by atoms with E-state index in [0.717, 1.165) is 30.3 Å². The molecule has 0 aliphatic carbocycles. The van der Waals surface area contributed by atoms with Crippen molar-refractivity contribution in [2.75, 3.05) is 32.1 Å². The van der Waals surface area contributed by atoms with Crippen LogP contribution in [0.2, 0.25) is 5.02 Å². The van der Waals surface area contributed by atoms with E-state index in [0.29, 0.717) is 23.3 Å². The Morgan fingerprint density at radius 3 is 2.73 bits per heavy atom. The van der Waals surface area contributed by atoms with E-state index in [1.807, 2.05) is 25.1 Å². The second-order valence-corrected chi connectivity index (χ2v) is 6.81. The molecule has 0 saturated carbocycles. The first kappa shape index (κ1) is 18.6. The average molecular weight is 377 g/mol. The van der Waals surface area contributed by atoms with Gasteiger partial charge in [-0.25, -0.2) is 0 Å². The first-order valence-corrected chi connectivity index (χ1v) is 9.15. The van der Waals surface area contributed by atoms with Crippen LogP contribution >= 0.6 is 11.6 Å². The number of nitrogens with two attached hydrogens (primary N) is 1. The molecule has 3 N–H and O–H groups in total. The maximum atomic E-state index is 6.14. The Bertz CT molecular complexity index is 769. The zero-order chi connectivity index (χ0) is 18.5. The highest BCUT2D eigenvalue weighted by Crippen LogP contribution is 2.28. The average Bonchev–Trinajstić information content (AvgIpc) is 3.28. The van der Waals surface area contributed by atoms with Crippen LogP contribution in [0.3, 0.4) is 0 Å². The van der Waals surface area contributed by atoms with Crippen LogP contribution in [-0.4, -0.2) is 37.6 Å². The van der Waals surface area contributed by atoms with Gasteiger partial charge in [-0.15, -0.1) is 0 Å². The number of guanidine groups is 1. The molecule has 3 rings (SSSR count). The molecule has 1 aromatic heterocycles. The number of ether oxygens (including phenoxy) is 1. The molecule has 1 aliphatic heterocycles. The summed E-state index contributed by atoms with van der Waals surface area (Å²) in [4.78, 5) is 6.93. The number of rotatable bonds is 6. The quantitative estimate of drug-likeness (QED) is 0.592. The molecule has 1 atom stereocenters. The second-order valence-electron chi connectivity index (χ2n) is 6.41. The summed E-state index contributed by atoms with van der Waals surface area (Å²) in [5.41, 5.74) is 6.84. The molecule has 140 valence electrons. The van der Waals surface area contributed by atoms with Crippen molar-refractivity contribution in [1.29, 1.82) is 0 Å². The number of halogens is 1. The number of benzene rings is 1. The summed E-state index contributed by atoms with van der Waals surface area (Å²) in [5, 5.41) is 3.60. The van der Waals surface area contributed by atoms with Crippen molar-refractivity contribution in [3.63, 3.8) is 0 Å². The maximum absolute atomic E-state index is 6.14. The minimum absolute atomic E-state index is 0.103.